The molecule has 0 aliphatic carbocycles. The van der Waals surface area contributed by atoms with Gasteiger partial charge in [-0.15, -0.1) is 0 Å². The van der Waals surface area contributed by atoms with Crippen LogP contribution in [0.25, 0.3) is 22.6 Å². The average Bonchev–Trinajstić information content (AvgIpc) is 2.73. The fraction of sp³-hybridized carbons (Fsp3) is 0.421. The standard InChI is InChI=1S/C19H23N5O7/c1-8-3-10-11(4-9(8)2)24(17-15(21-10)18(29)23-19(30)22-17)6-13(31-14(27)5-20)16(28)12(26)7-25/h3-4,12-13,16,25-26,28H,5-7,20H2,1-2H3,(H,23,29,30)/t12-,13+,16-/m0/s1. The van der Waals surface area contributed by atoms with Gasteiger partial charge >= 0.3 is 11.7 Å². The minimum absolute atomic E-state index is 0.0935. The molecule has 1 aromatic rings. The van der Waals surface area contributed by atoms with Gasteiger partial charge in [-0.05, 0) is 37.1 Å². The van der Waals surface area contributed by atoms with E-state index in [1.165, 1.54) is 4.57 Å². The Kier molecular flexibility index (Phi) is 6.45. The number of hydrogen-bond acceptors (Lipinski definition) is 10. The molecule has 2 heterocycles. The lowest BCUT2D eigenvalue weighted by molar-refractivity contribution is -0.161. The third-order valence-corrected chi connectivity index (χ3v) is 5.00. The highest BCUT2D eigenvalue weighted by Crippen LogP contribution is 2.25. The van der Waals surface area contributed by atoms with Crippen LogP contribution in [0.15, 0.2) is 21.7 Å². The first-order valence-corrected chi connectivity index (χ1v) is 9.44. The van der Waals surface area contributed by atoms with Crippen LogP contribution in [0.4, 0.5) is 0 Å². The number of carbonyl (C=O) groups is 1. The summed E-state index contributed by atoms with van der Waals surface area (Å²) in [4.78, 5) is 46.3. The zero-order valence-electron chi connectivity index (χ0n) is 16.9. The van der Waals surface area contributed by atoms with E-state index in [1.807, 2.05) is 13.8 Å². The van der Waals surface area contributed by atoms with Crippen molar-refractivity contribution < 1.29 is 24.9 Å². The summed E-state index contributed by atoms with van der Waals surface area (Å²) >= 11 is 0. The molecular formula is C19H23N5O7. The van der Waals surface area contributed by atoms with Gasteiger partial charge in [0.05, 0.1) is 30.7 Å². The van der Waals surface area contributed by atoms with Crippen LogP contribution >= 0.6 is 0 Å². The third kappa shape index (κ3) is 4.46. The Morgan fingerprint density at radius 3 is 2.55 bits per heavy atom. The molecule has 0 spiro atoms. The largest absolute Gasteiger partial charge is 0.457 e. The van der Waals surface area contributed by atoms with E-state index in [0.29, 0.717) is 11.0 Å². The Morgan fingerprint density at radius 2 is 1.90 bits per heavy atom. The highest BCUT2D eigenvalue weighted by Gasteiger charge is 2.31. The average molecular weight is 433 g/mol. The zero-order valence-corrected chi connectivity index (χ0v) is 16.9. The maximum Gasteiger partial charge on any atom is 0.349 e. The molecule has 0 bridgehead atoms. The molecule has 0 saturated heterocycles. The van der Waals surface area contributed by atoms with E-state index < -0.39 is 48.7 Å². The Balaban J connectivity index is 2.27. The number of ether oxygens (including phenoxy) is 1. The number of aromatic nitrogens is 4. The molecule has 1 aromatic carbocycles. The Morgan fingerprint density at radius 1 is 1.23 bits per heavy atom. The number of nitrogens with one attached hydrogen (secondary N) is 1. The number of nitrogens with zero attached hydrogens (tertiary/aromatic N) is 3. The molecule has 0 saturated carbocycles. The Labute approximate surface area is 175 Å². The molecule has 0 fully saturated rings. The van der Waals surface area contributed by atoms with E-state index in [9.17, 15) is 29.7 Å². The molecular weight excluding hydrogens is 410 g/mol. The van der Waals surface area contributed by atoms with Crippen molar-refractivity contribution in [3.63, 3.8) is 0 Å². The molecule has 2 aliphatic rings. The zero-order chi connectivity index (χ0) is 22.9. The second kappa shape index (κ2) is 8.89. The van der Waals surface area contributed by atoms with Crippen molar-refractivity contribution in [1.29, 1.82) is 0 Å². The van der Waals surface area contributed by atoms with Crippen LogP contribution in [-0.4, -0.2) is 72.3 Å². The van der Waals surface area contributed by atoms with Crippen molar-refractivity contribution in [2.45, 2.75) is 38.7 Å². The molecule has 12 nitrogen and oxygen atoms in total. The van der Waals surface area contributed by atoms with Gasteiger partial charge in [-0.2, -0.15) is 4.98 Å². The van der Waals surface area contributed by atoms with Gasteiger partial charge in [0.15, 0.2) is 11.5 Å². The van der Waals surface area contributed by atoms with E-state index in [4.69, 9.17) is 10.5 Å². The molecule has 31 heavy (non-hydrogen) atoms. The molecule has 0 amide bonds. The predicted molar refractivity (Wildman–Crippen MR) is 109 cm³/mol. The fourth-order valence-corrected chi connectivity index (χ4v) is 3.20. The van der Waals surface area contributed by atoms with Gasteiger partial charge in [0.2, 0.25) is 0 Å². The second-order valence-corrected chi connectivity index (χ2v) is 7.16. The predicted octanol–water partition coefficient (Wildman–Crippen LogP) is -2.21. The van der Waals surface area contributed by atoms with Gasteiger partial charge < -0.3 is 30.4 Å². The van der Waals surface area contributed by atoms with Crippen molar-refractivity contribution in [3.05, 3.63) is 44.1 Å². The second-order valence-electron chi connectivity index (χ2n) is 7.16. The van der Waals surface area contributed by atoms with Gasteiger partial charge in [0.25, 0.3) is 5.56 Å². The van der Waals surface area contributed by atoms with Crippen LogP contribution in [0.3, 0.4) is 0 Å². The summed E-state index contributed by atoms with van der Waals surface area (Å²) < 4.78 is 6.59. The molecule has 12 heteroatoms. The van der Waals surface area contributed by atoms with Crippen LogP contribution in [0.5, 0.6) is 0 Å². The first-order valence-electron chi connectivity index (χ1n) is 9.44. The normalized spacial score (nSPS) is 14.5. The first kappa shape index (κ1) is 22.5. The van der Waals surface area contributed by atoms with Gasteiger partial charge in [0, 0.05) is 0 Å². The number of carbonyl (C=O) groups excluding carboxylic acids is 1. The molecule has 2 aliphatic heterocycles. The van der Waals surface area contributed by atoms with Crippen molar-refractivity contribution in [1.82, 2.24) is 19.5 Å². The summed E-state index contributed by atoms with van der Waals surface area (Å²) in [6, 6.07) is 3.49. The third-order valence-electron chi connectivity index (χ3n) is 5.00. The van der Waals surface area contributed by atoms with Gasteiger partial charge in [-0.25, -0.2) is 9.78 Å². The van der Waals surface area contributed by atoms with E-state index in [0.717, 1.165) is 11.1 Å². The Hall–Kier alpha value is -3.19. The van der Waals surface area contributed by atoms with Crippen LogP contribution in [-0.2, 0) is 16.1 Å². The van der Waals surface area contributed by atoms with Crippen LogP contribution in [0.2, 0.25) is 0 Å². The molecule has 3 atom stereocenters. The lowest BCUT2D eigenvalue weighted by Crippen LogP contribution is -2.45. The molecule has 0 unspecified atom stereocenters. The number of aliphatic hydroxyl groups excluding tert-OH is 3. The topological polar surface area (TPSA) is 194 Å². The highest BCUT2D eigenvalue weighted by molar-refractivity contribution is 5.81. The molecule has 6 N–H and O–H groups in total. The van der Waals surface area contributed by atoms with Gasteiger partial charge in [0.1, 0.15) is 18.3 Å². The smallest absolute Gasteiger partial charge is 0.349 e. The van der Waals surface area contributed by atoms with E-state index >= 15 is 0 Å². The summed E-state index contributed by atoms with van der Waals surface area (Å²) in [6.45, 7) is 2.13. The lowest BCUT2D eigenvalue weighted by atomic mass is 10.1. The fourth-order valence-electron chi connectivity index (χ4n) is 3.20. The number of benzene rings is 1. The summed E-state index contributed by atoms with van der Waals surface area (Å²) in [5.74, 6) is -0.955. The highest BCUT2D eigenvalue weighted by atomic mass is 16.6. The number of aliphatic hydroxyl groups is 3. The van der Waals surface area contributed by atoms with Crippen molar-refractivity contribution >= 4 is 17.0 Å². The molecule has 166 valence electrons. The molecule has 0 aromatic heterocycles. The number of fused-ring (bicyclic) bond motifs is 2. The SMILES string of the molecule is Cc1cc2nc3c(=O)[nH]c(=O)nc-3n(C[C@@H](OC(=O)CN)[C@@H](O)[C@@H](O)CO)c2cc1C. The summed E-state index contributed by atoms with van der Waals surface area (Å²) in [5.41, 5.74) is 6.15. The molecule has 3 rings (SSSR count). The number of hydrogen-bond donors (Lipinski definition) is 5. The summed E-state index contributed by atoms with van der Waals surface area (Å²) in [6.07, 6.45) is -4.69. The number of aromatic amines is 1. The summed E-state index contributed by atoms with van der Waals surface area (Å²) in [5, 5.41) is 29.5. The van der Waals surface area contributed by atoms with Crippen LogP contribution in [0, 0.1) is 13.8 Å². The van der Waals surface area contributed by atoms with Crippen LogP contribution < -0.4 is 17.0 Å². The van der Waals surface area contributed by atoms with Crippen LogP contribution in [0.1, 0.15) is 11.1 Å². The number of aryl methyl sites for hydroxylation is 2. The summed E-state index contributed by atoms with van der Waals surface area (Å²) in [7, 11) is 0. The van der Waals surface area contributed by atoms with Gasteiger partial charge in [-0.3, -0.25) is 14.6 Å². The first-order chi connectivity index (χ1) is 14.7. The Bertz CT molecular complexity index is 1200. The van der Waals surface area contributed by atoms with E-state index in [-0.39, 0.29) is 18.1 Å². The lowest BCUT2D eigenvalue weighted by Gasteiger charge is -2.28. The number of esters is 1. The van der Waals surface area contributed by atoms with Crippen molar-refractivity contribution in [2.24, 2.45) is 5.73 Å². The van der Waals surface area contributed by atoms with E-state index in [2.05, 4.69) is 15.0 Å². The number of nitrogens with two attached hydrogens (primary N) is 1. The van der Waals surface area contributed by atoms with Crippen molar-refractivity contribution in [3.8, 4) is 11.5 Å². The van der Waals surface area contributed by atoms with Crippen molar-refractivity contribution in [2.75, 3.05) is 13.2 Å². The number of H-pyrrole nitrogens is 1. The maximum atomic E-state index is 12.3. The van der Waals surface area contributed by atoms with Gasteiger partial charge in [-0.1, -0.05) is 0 Å². The monoisotopic (exact) mass is 433 g/mol. The molecule has 0 radical (unpaired) electrons. The quantitative estimate of drug-likeness (QED) is 0.201. The number of rotatable bonds is 7. The minimum atomic E-state index is -1.69. The minimum Gasteiger partial charge on any atom is -0.457 e. The van der Waals surface area contributed by atoms with E-state index in [1.54, 1.807) is 12.1 Å². The maximum absolute atomic E-state index is 12.3.